The van der Waals surface area contributed by atoms with Crippen LogP contribution in [-0.4, -0.2) is 11.7 Å². The van der Waals surface area contributed by atoms with Gasteiger partial charge in [0.25, 0.3) is 0 Å². The van der Waals surface area contributed by atoms with Gasteiger partial charge >= 0.3 is 0 Å². The van der Waals surface area contributed by atoms with Crippen molar-refractivity contribution >= 4 is 31.9 Å². The van der Waals surface area contributed by atoms with Crippen molar-refractivity contribution in [3.05, 3.63) is 21.0 Å². The SMILES string of the molecule is CC(C)C1CCC(CN)(C(O)c2cc(Br)c(Br)o2)CC1. The van der Waals surface area contributed by atoms with E-state index in [1.54, 1.807) is 0 Å². The van der Waals surface area contributed by atoms with Gasteiger partial charge in [-0.1, -0.05) is 13.8 Å². The Morgan fingerprint density at radius 3 is 2.40 bits per heavy atom. The van der Waals surface area contributed by atoms with Crippen LogP contribution in [0.2, 0.25) is 0 Å². The van der Waals surface area contributed by atoms with Crippen molar-refractivity contribution in [2.24, 2.45) is 23.0 Å². The van der Waals surface area contributed by atoms with Crippen molar-refractivity contribution in [2.45, 2.75) is 45.6 Å². The summed E-state index contributed by atoms with van der Waals surface area (Å²) in [6.07, 6.45) is 3.56. The van der Waals surface area contributed by atoms with E-state index in [0.717, 1.165) is 36.1 Å². The van der Waals surface area contributed by atoms with Crippen molar-refractivity contribution < 1.29 is 9.52 Å². The largest absolute Gasteiger partial charge is 0.450 e. The summed E-state index contributed by atoms with van der Waals surface area (Å²) >= 11 is 6.71. The maximum atomic E-state index is 10.7. The highest BCUT2D eigenvalue weighted by atomic mass is 79.9. The zero-order valence-corrected chi connectivity index (χ0v) is 15.2. The smallest absolute Gasteiger partial charge is 0.183 e. The molecular weight excluding hydrogens is 386 g/mol. The number of hydrogen-bond acceptors (Lipinski definition) is 3. The van der Waals surface area contributed by atoms with E-state index in [2.05, 4.69) is 45.7 Å². The summed E-state index contributed by atoms with van der Waals surface area (Å²) in [4.78, 5) is 0. The molecular formula is C15H23Br2NO2. The summed E-state index contributed by atoms with van der Waals surface area (Å²) in [5.41, 5.74) is 5.77. The summed E-state index contributed by atoms with van der Waals surface area (Å²) in [6.45, 7) is 5.05. The lowest BCUT2D eigenvalue weighted by Gasteiger charge is -2.43. The third-order valence-electron chi connectivity index (χ3n) is 4.89. The molecule has 1 aliphatic rings. The fraction of sp³-hybridized carbons (Fsp3) is 0.733. The number of rotatable bonds is 4. The molecule has 0 bridgehead atoms. The van der Waals surface area contributed by atoms with Gasteiger partial charge in [-0.05, 0) is 75.4 Å². The van der Waals surface area contributed by atoms with Crippen LogP contribution in [0.1, 0.15) is 51.4 Å². The first kappa shape index (κ1) is 16.5. The molecule has 1 aromatic rings. The molecule has 0 saturated heterocycles. The summed E-state index contributed by atoms with van der Waals surface area (Å²) in [6, 6.07) is 1.83. The lowest BCUT2D eigenvalue weighted by molar-refractivity contribution is -0.0273. The first-order chi connectivity index (χ1) is 9.39. The van der Waals surface area contributed by atoms with Gasteiger partial charge in [-0.25, -0.2) is 0 Å². The Balaban J connectivity index is 2.15. The van der Waals surface area contributed by atoms with Crippen LogP contribution in [0.4, 0.5) is 0 Å². The third-order valence-corrected chi connectivity index (χ3v) is 6.60. The maximum Gasteiger partial charge on any atom is 0.183 e. The van der Waals surface area contributed by atoms with Gasteiger partial charge in [0, 0.05) is 12.0 Å². The molecule has 3 N–H and O–H groups in total. The molecule has 1 aromatic heterocycles. The van der Waals surface area contributed by atoms with Crippen LogP contribution in [0.5, 0.6) is 0 Å². The Morgan fingerprint density at radius 2 is 2.00 bits per heavy atom. The molecule has 114 valence electrons. The number of hydrogen-bond donors (Lipinski definition) is 2. The van der Waals surface area contributed by atoms with Gasteiger partial charge in [-0.2, -0.15) is 0 Å². The molecule has 0 aliphatic heterocycles. The monoisotopic (exact) mass is 407 g/mol. The average Bonchev–Trinajstić information content (AvgIpc) is 2.77. The summed E-state index contributed by atoms with van der Waals surface area (Å²) in [7, 11) is 0. The lowest BCUT2D eigenvalue weighted by atomic mass is 9.65. The zero-order valence-electron chi connectivity index (χ0n) is 12.0. The fourth-order valence-corrected chi connectivity index (χ4v) is 3.88. The van der Waals surface area contributed by atoms with Crippen LogP contribution in [0, 0.1) is 17.3 Å². The molecule has 1 heterocycles. The van der Waals surface area contributed by atoms with E-state index in [9.17, 15) is 5.11 Å². The van der Waals surface area contributed by atoms with E-state index < -0.39 is 6.10 Å². The highest BCUT2D eigenvalue weighted by Crippen LogP contribution is 2.49. The standard InChI is InChI=1S/C15H23Br2NO2/c1-9(2)10-3-5-15(8-18,6-4-10)13(19)12-7-11(16)14(17)20-12/h7,9-10,13,19H,3-6,8,18H2,1-2H3. The van der Waals surface area contributed by atoms with Crippen molar-refractivity contribution in [3.63, 3.8) is 0 Å². The van der Waals surface area contributed by atoms with E-state index >= 15 is 0 Å². The van der Waals surface area contributed by atoms with Gasteiger partial charge in [-0.3, -0.25) is 0 Å². The highest BCUT2D eigenvalue weighted by Gasteiger charge is 2.42. The van der Waals surface area contributed by atoms with Crippen LogP contribution in [0.15, 0.2) is 19.6 Å². The van der Waals surface area contributed by atoms with Crippen molar-refractivity contribution in [1.82, 2.24) is 0 Å². The summed E-state index contributed by atoms with van der Waals surface area (Å²) in [5, 5.41) is 10.7. The van der Waals surface area contributed by atoms with E-state index in [4.69, 9.17) is 10.2 Å². The number of aliphatic hydroxyl groups is 1. The van der Waals surface area contributed by atoms with Gasteiger partial charge in [0.15, 0.2) is 4.67 Å². The number of furan rings is 1. The molecule has 20 heavy (non-hydrogen) atoms. The number of nitrogens with two attached hydrogens (primary N) is 1. The Kier molecular flexibility index (Phi) is 5.38. The van der Waals surface area contributed by atoms with E-state index in [-0.39, 0.29) is 5.41 Å². The minimum absolute atomic E-state index is 0.248. The van der Waals surface area contributed by atoms with Gasteiger partial charge in [-0.15, -0.1) is 0 Å². The van der Waals surface area contributed by atoms with Crippen LogP contribution in [0.3, 0.4) is 0 Å². The summed E-state index contributed by atoms with van der Waals surface area (Å²) < 4.78 is 7.04. The number of halogens is 2. The van der Waals surface area contributed by atoms with E-state index in [1.807, 2.05) is 6.07 Å². The second-order valence-corrected chi connectivity index (χ2v) is 7.90. The van der Waals surface area contributed by atoms with Crippen molar-refractivity contribution in [2.75, 3.05) is 6.54 Å². The first-order valence-electron chi connectivity index (χ1n) is 7.22. The van der Waals surface area contributed by atoms with Crippen LogP contribution in [-0.2, 0) is 0 Å². The van der Waals surface area contributed by atoms with E-state index in [0.29, 0.717) is 22.9 Å². The van der Waals surface area contributed by atoms with Crippen LogP contribution in [0.25, 0.3) is 0 Å². The third kappa shape index (κ3) is 3.16. The van der Waals surface area contributed by atoms with Crippen molar-refractivity contribution in [3.8, 4) is 0 Å². The first-order valence-corrected chi connectivity index (χ1v) is 8.81. The average molecular weight is 409 g/mol. The molecule has 3 nitrogen and oxygen atoms in total. The quantitative estimate of drug-likeness (QED) is 0.763. The number of aliphatic hydroxyl groups excluding tert-OH is 1. The van der Waals surface area contributed by atoms with Crippen LogP contribution >= 0.6 is 31.9 Å². The molecule has 0 spiro atoms. The topological polar surface area (TPSA) is 59.4 Å². The minimum atomic E-state index is -0.636. The zero-order chi connectivity index (χ0) is 14.9. The molecule has 0 aromatic carbocycles. The Morgan fingerprint density at radius 1 is 1.40 bits per heavy atom. The Labute approximate surface area is 137 Å². The predicted molar refractivity (Wildman–Crippen MR) is 87.4 cm³/mol. The highest BCUT2D eigenvalue weighted by molar-refractivity contribution is 9.13. The second-order valence-electron chi connectivity index (χ2n) is 6.32. The molecule has 1 unspecified atom stereocenters. The van der Waals surface area contributed by atoms with Crippen LogP contribution < -0.4 is 5.73 Å². The minimum Gasteiger partial charge on any atom is -0.450 e. The van der Waals surface area contributed by atoms with Gasteiger partial charge < -0.3 is 15.3 Å². The molecule has 1 fully saturated rings. The molecule has 5 heteroatoms. The predicted octanol–water partition coefficient (Wildman–Crippen LogP) is 4.63. The van der Waals surface area contributed by atoms with Gasteiger partial charge in [0.1, 0.15) is 11.9 Å². The Bertz CT molecular complexity index is 431. The van der Waals surface area contributed by atoms with Gasteiger partial charge in [0.2, 0.25) is 0 Å². The Hall–Kier alpha value is 0.160. The molecule has 0 amide bonds. The maximum absolute atomic E-state index is 10.7. The van der Waals surface area contributed by atoms with Gasteiger partial charge in [0.05, 0.1) is 4.47 Å². The molecule has 1 aliphatic carbocycles. The molecule has 0 radical (unpaired) electrons. The van der Waals surface area contributed by atoms with E-state index in [1.165, 1.54) is 0 Å². The second kappa shape index (κ2) is 6.51. The summed E-state index contributed by atoms with van der Waals surface area (Å²) in [5.74, 6) is 2.05. The molecule has 2 rings (SSSR count). The lowest BCUT2D eigenvalue weighted by Crippen LogP contribution is -2.40. The molecule has 1 atom stereocenters. The van der Waals surface area contributed by atoms with Crippen molar-refractivity contribution in [1.29, 1.82) is 0 Å². The fourth-order valence-electron chi connectivity index (χ4n) is 3.27. The molecule has 1 saturated carbocycles. The normalized spacial score (nSPS) is 28.9.